The molecule has 0 saturated heterocycles. The van der Waals surface area contributed by atoms with Crippen molar-refractivity contribution in [2.75, 3.05) is 10.6 Å². The van der Waals surface area contributed by atoms with Gasteiger partial charge < -0.3 is 15.4 Å². The highest BCUT2D eigenvalue weighted by molar-refractivity contribution is 6.32. The zero-order chi connectivity index (χ0) is 20.1. The Balaban J connectivity index is 1.81. The maximum atomic E-state index is 13.5. The zero-order valence-electron chi connectivity index (χ0n) is 15.7. The first-order valence-electron chi connectivity index (χ1n) is 8.89. The first kappa shape index (κ1) is 18.0. The number of amides is 2. The van der Waals surface area contributed by atoms with Gasteiger partial charge in [0.15, 0.2) is 0 Å². The van der Waals surface area contributed by atoms with Gasteiger partial charge in [0.05, 0.1) is 11.3 Å². The molecular formula is C22H19FN2O3. The molecule has 0 aliphatic carbocycles. The number of rotatable bonds is 2. The molecule has 0 fully saturated rings. The number of hydrogen-bond donors (Lipinski definition) is 2. The summed E-state index contributed by atoms with van der Waals surface area (Å²) in [6.07, 6.45) is 1.83. The number of nitrogens with one attached hydrogen (secondary N) is 2. The fraction of sp³-hybridized carbons (Fsp3) is 0.182. The second kappa shape index (κ2) is 6.34. The normalized spacial score (nSPS) is 19.6. The minimum absolute atomic E-state index is 0.151. The van der Waals surface area contributed by atoms with Gasteiger partial charge in [-0.2, -0.15) is 0 Å². The summed E-state index contributed by atoms with van der Waals surface area (Å²) in [5.74, 6) is -0.449. The quantitative estimate of drug-likeness (QED) is 0.764. The van der Waals surface area contributed by atoms with Gasteiger partial charge in [0, 0.05) is 23.7 Å². The summed E-state index contributed by atoms with van der Waals surface area (Å²) in [6, 6.07) is 11.6. The Morgan fingerprint density at radius 1 is 1.18 bits per heavy atom. The number of hydrogen-bond acceptors (Lipinski definition) is 3. The van der Waals surface area contributed by atoms with Crippen molar-refractivity contribution in [2.24, 2.45) is 0 Å². The average Bonchev–Trinajstić information content (AvgIpc) is 3.09. The standard InChI is InChI=1S/C22H19FN2O3/c1-12(26)24-15-6-4-5-13(9-15)17-11-19(28-22(17,2)3)20-16-8-7-14(23)10-18(16)25-21(20)27/h4-11H,1-3H3,(H,24,26)(H,25,27)/b20-19+. The van der Waals surface area contributed by atoms with Crippen LogP contribution in [-0.4, -0.2) is 17.4 Å². The molecule has 0 saturated carbocycles. The number of carbonyl (C=O) groups excluding carboxylic acids is 2. The molecule has 2 aromatic rings. The highest BCUT2D eigenvalue weighted by atomic mass is 19.1. The van der Waals surface area contributed by atoms with Crippen LogP contribution in [0.15, 0.2) is 54.3 Å². The molecule has 142 valence electrons. The number of fused-ring (bicyclic) bond motifs is 1. The molecule has 0 aromatic heterocycles. The average molecular weight is 378 g/mol. The van der Waals surface area contributed by atoms with Crippen LogP contribution in [0, 0.1) is 5.82 Å². The Labute approximate surface area is 161 Å². The molecule has 2 aliphatic heterocycles. The van der Waals surface area contributed by atoms with Gasteiger partial charge in [0.2, 0.25) is 5.91 Å². The highest BCUT2D eigenvalue weighted by Gasteiger charge is 2.38. The Morgan fingerprint density at radius 2 is 1.96 bits per heavy atom. The summed E-state index contributed by atoms with van der Waals surface area (Å²) in [6.45, 7) is 5.28. The topological polar surface area (TPSA) is 67.4 Å². The van der Waals surface area contributed by atoms with E-state index in [1.807, 2.05) is 44.2 Å². The van der Waals surface area contributed by atoms with E-state index in [1.165, 1.54) is 19.1 Å². The second-order valence-electron chi connectivity index (χ2n) is 7.32. The van der Waals surface area contributed by atoms with E-state index >= 15 is 0 Å². The Kier molecular flexibility index (Phi) is 4.07. The van der Waals surface area contributed by atoms with Crippen molar-refractivity contribution in [3.63, 3.8) is 0 Å². The Bertz CT molecular complexity index is 1080. The van der Waals surface area contributed by atoms with E-state index in [1.54, 1.807) is 6.07 Å². The molecule has 6 heteroatoms. The molecule has 2 N–H and O–H groups in total. The van der Waals surface area contributed by atoms with E-state index in [4.69, 9.17) is 4.74 Å². The third kappa shape index (κ3) is 3.07. The molecule has 5 nitrogen and oxygen atoms in total. The lowest BCUT2D eigenvalue weighted by Gasteiger charge is -2.23. The summed E-state index contributed by atoms with van der Waals surface area (Å²) in [5.41, 5.74) is 3.19. The van der Waals surface area contributed by atoms with Gasteiger partial charge in [-0.15, -0.1) is 0 Å². The van der Waals surface area contributed by atoms with Gasteiger partial charge in [0.1, 0.15) is 17.2 Å². The number of anilines is 2. The third-order valence-corrected chi connectivity index (χ3v) is 4.76. The highest BCUT2D eigenvalue weighted by Crippen LogP contribution is 2.44. The number of ether oxygens (including phenoxy) is 1. The lowest BCUT2D eigenvalue weighted by atomic mass is 9.92. The first-order valence-corrected chi connectivity index (χ1v) is 8.89. The van der Waals surface area contributed by atoms with Crippen molar-refractivity contribution in [3.8, 4) is 0 Å². The number of allylic oxidation sites excluding steroid dienone is 1. The molecule has 2 amide bonds. The molecule has 28 heavy (non-hydrogen) atoms. The third-order valence-electron chi connectivity index (χ3n) is 4.76. The van der Waals surface area contributed by atoms with Crippen molar-refractivity contribution in [3.05, 3.63) is 71.2 Å². The van der Waals surface area contributed by atoms with Crippen LogP contribution in [0.1, 0.15) is 31.9 Å². The Hall–Kier alpha value is -3.41. The van der Waals surface area contributed by atoms with E-state index in [-0.39, 0.29) is 11.8 Å². The van der Waals surface area contributed by atoms with E-state index in [9.17, 15) is 14.0 Å². The fourth-order valence-corrected chi connectivity index (χ4v) is 3.58. The molecular weight excluding hydrogens is 359 g/mol. The van der Waals surface area contributed by atoms with Gasteiger partial charge >= 0.3 is 0 Å². The molecule has 4 rings (SSSR count). The van der Waals surface area contributed by atoms with E-state index in [0.717, 1.165) is 11.1 Å². The molecule has 0 atom stereocenters. The zero-order valence-corrected chi connectivity index (χ0v) is 15.7. The summed E-state index contributed by atoms with van der Waals surface area (Å²) >= 11 is 0. The number of benzene rings is 2. The summed E-state index contributed by atoms with van der Waals surface area (Å²) in [5, 5.41) is 5.45. The van der Waals surface area contributed by atoms with Crippen molar-refractivity contribution < 1.29 is 18.7 Å². The molecule has 0 unspecified atom stereocenters. The van der Waals surface area contributed by atoms with E-state index in [2.05, 4.69) is 10.6 Å². The van der Waals surface area contributed by atoms with Gasteiger partial charge in [-0.3, -0.25) is 9.59 Å². The predicted molar refractivity (Wildman–Crippen MR) is 106 cm³/mol. The first-order chi connectivity index (χ1) is 13.2. The van der Waals surface area contributed by atoms with Crippen molar-refractivity contribution in [1.82, 2.24) is 0 Å². The predicted octanol–water partition coefficient (Wildman–Crippen LogP) is 4.34. The van der Waals surface area contributed by atoms with E-state index in [0.29, 0.717) is 28.3 Å². The van der Waals surface area contributed by atoms with Crippen LogP contribution < -0.4 is 10.6 Å². The number of halogens is 1. The summed E-state index contributed by atoms with van der Waals surface area (Å²) in [4.78, 5) is 23.9. The Morgan fingerprint density at radius 3 is 2.71 bits per heavy atom. The van der Waals surface area contributed by atoms with Gasteiger partial charge in [-0.05, 0) is 55.8 Å². The van der Waals surface area contributed by atoms with Crippen LogP contribution in [0.4, 0.5) is 15.8 Å². The minimum atomic E-state index is -0.680. The molecule has 0 radical (unpaired) electrons. The number of carbonyl (C=O) groups is 2. The molecule has 0 spiro atoms. The molecule has 2 aromatic carbocycles. The van der Waals surface area contributed by atoms with E-state index < -0.39 is 11.4 Å². The maximum absolute atomic E-state index is 13.5. The van der Waals surface area contributed by atoms with Crippen molar-refractivity contribution in [2.45, 2.75) is 26.4 Å². The summed E-state index contributed by atoms with van der Waals surface area (Å²) in [7, 11) is 0. The lowest BCUT2D eigenvalue weighted by Crippen LogP contribution is -2.21. The van der Waals surface area contributed by atoms with Gasteiger partial charge in [-0.25, -0.2) is 4.39 Å². The van der Waals surface area contributed by atoms with Crippen LogP contribution in [0.2, 0.25) is 0 Å². The molecule has 0 bridgehead atoms. The lowest BCUT2D eigenvalue weighted by molar-refractivity contribution is -0.114. The summed E-state index contributed by atoms with van der Waals surface area (Å²) < 4.78 is 19.6. The fourth-order valence-electron chi connectivity index (χ4n) is 3.58. The smallest absolute Gasteiger partial charge is 0.260 e. The largest absolute Gasteiger partial charge is 0.482 e. The maximum Gasteiger partial charge on any atom is 0.260 e. The van der Waals surface area contributed by atoms with Gasteiger partial charge in [-0.1, -0.05) is 12.1 Å². The second-order valence-corrected chi connectivity index (χ2v) is 7.32. The molecule has 2 aliphatic rings. The van der Waals surface area contributed by atoms with Gasteiger partial charge in [0.25, 0.3) is 5.91 Å². The minimum Gasteiger partial charge on any atom is -0.482 e. The van der Waals surface area contributed by atoms with Crippen molar-refractivity contribution in [1.29, 1.82) is 0 Å². The van der Waals surface area contributed by atoms with Crippen molar-refractivity contribution >= 4 is 34.3 Å². The molecule has 2 heterocycles. The van der Waals surface area contributed by atoms with Crippen LogP contribution in [-0.2, 0) is 14.3 Å². The van der Waals surface area contributed by atoms with Crippen LogP contribution in [0.25, 0.3) is 11.1 Å². The SMILES string of the molecule is CC(=O)Nc1cccc(C2=C/C(=C3\C(=O)Nc4cc(F)ccc43)OC2(C)C)c1. The van der Waals surface area contributed by atoms with Crippen LogP contribution >= 0.6 is 0 Å². The van der Waals surface area contributed by atoms with Crippen LogP contribution in [0.3, 0.4) is 0 Å². The monoisotopic (exact) mass is 378 g/mol. The van der Waals surface area contributed by atoms with Crippen LogP contribution in [0.5, 0.6) is 0 Å².